The summed E-state index contributed by atoms with van der Waals surface area (Å²) >= 11 is 0. The van der Waals surface area contributed by atoms with E-state index in [9.17, 15) is 18.0 Å². The number of aryl methyl sites for hydroxylation is 2. The van der Waals surface area contributed by atoms with E-state index >= 15 is 0 Å². The molecule has 0 atom stereocenters. The Kier molecular flexibility index (Phi) is 7.69. The smallest absolute Gasteiger partial charge is 0.387 e. The van der Waals surface area contributed by atoms with Gasteiger partial charge in [-0.3, -0.25) is 4.79 Å². The fraction of sp³-hybridized carbons (Fsp3) is 0.318. The number of rotatable bonds is 10. The number of aromatic nitrogens is 2. The molecule has 1 N–H and O–H groups in total. The van der Waals surface area contributed by atoms with Crippen LogP contribution in [0.4, 0.5) is 13.2 Å². The minimum absolute atomic E-state index is 0.0603. The SMILES string of the molecule is COc1ccc(CCNC(=O)CCc2nc(-c3ccc(F)c(C)c3)no2)cc1OC(F)F. The van der Waals surface area contributed by atoms with Crippen LogP contribution in [-0.4, -0.2) is 36.3 Å². The molecule has 7 nitrogen and oxygen atoms in total. The van der Waals surface area contributed by atoms with Gasteiger partial charge in [-0.1, -0.05) is 11.2 Å². The van der Waals surface area contributed by atoms with Gasteiger partial charge in [-0.05, 0) is 54.8 Å². The molecule has 3 rings (SSSR count). The van der Waals surface area contributed by atoms with E-state index in [1.165, 1.54) is 25.3 Å². The number of carbonyl (C=O) groups excluding carboxylic acids is 1. The van der Waals surface area contributed by atoms with Gasteiger partial charge in [0.05, 0.1) is 7.11 Å². The second kappa shape index (κ2) is 10.7. The Morgan fingerprint density at radius 2 is 1.97 bits per heavy atom. The average molecular weight is 449 g/mol. The van der Waals surface area contributed by atoms with Gasteiger partial charge in [0.1, 0.15) is 5.82 Å². The predicted octanol–water partition coefficient (Wildman–Crippen LogP) is 4.09. The van der Waals surface area contributed by atoms with Crippen molar-refractivity contribution in [2.24, 2.45) is 0 Å². The summed E-state index contributed by atoms with van der Waals surface area (Å²) in [6.45, 7) is -1.01. The Hall–Kier alpha value is -3.56. The number of hydrogen-bond acceptors (Lipinski definition) is 6. The number of alkyl halides is 2. The number of benzene rings is 2. The van der Waals surface area contributed by atoms with E-state index in [4.69, 9.17) is 9.26 Å². The molecular weight excluding hydrogens is 427 g/mol. The maximum Gasteiger partial charge on any atom is 0.387 e. The van der Waals surface area contributed by atoms with Gasteiger partial charge in [0, 0.05) is 24.9 Å². The molecule has 32 heavy (non-hydrogen) atoms. The summed E-state index contributed by atoms with van der Waals surface area (Å²) in [6, 6.07) is 9.20. The molecule has 0 aliphatic rings. The van der Waals surface area contributed by atoms with Crippen molar-refractivity contribution in [2.45, 2.75) is 32.8 Å². The first-order valence-electron chi connectivity index (χ1n) is 9.83. The Morgan fingerprint density at radius 1 is 1.16 bits per heavy atom. The van der Waals surface area contributed by atoms with Gasteiger partial charge in [-0.15, -0.1) is 0 Å². The Balaban J connectivity index is 1.47. The molecule has 10 heteroatoms. The fourth-order valence-corrected chi connectivity index (χ4v) is 2.98. The van der Waals surface area contributed by atoms with E-state index in [1.807, 2.05) is 0 Å². The highest BCUT2D eigenvalue weighted by atomic mass is 19.3. The lowest BCUT2D eigenvalue weighted by atomic mass is 10.1. The monoisotopic (exact) mass is 449 g/mol. The largest absolute Gasteiger partial charge is 0.493 e. The average Bonchev–Trinajstić information content (AvgIpc) is 3.23. The normalized spacial score (nSPS) is 10.9. The highest BCUT2D eigenvalue weighted by Crippen LogP contribution is 2.29. The van der Waals surface area contributed by atoms with Crippen LogP contribution in [0.3, 0.4) is 0 Å². The Bertz CT molecular complexity index is 1070. The van der Waals surface area contributed by atoms with E-state index < -0.39 is 6.61 Å². The van der Waals surface area contributed by atoms with Crippen molar-refractivity contribution in [1.82, 2.24) is 15.5 Å². The lowest BCUT2D eigenvalue weighted by molar-refractivity contribution is -0.121. The molecule has 1 amide bonds. The van der Waals surface area contributed by atoms with Gasteiger partial charge in [-0.2, -0.15) is 13.8 Å². The summed E-state index contributed by atoms with van der Waals surface area (Å²) < 4.78 is 53.0. The number of carbonyl (C=O) groups is 1. The number of nitrogens with one attached hydrogen (secondary N) is 1. The number of ether oxygens (including phenoxy) is 2. The molecule has 170 valence electrons. The summed E-state index contributed by atoms with van der Waals surface area (Å²) in [5, 5.41) is 6.62. The fourth-order valence-electron chi connectivity index (χ4n) is 2.98. The van der Waals surface area contributed by atoms with Crippen molar-refractivity contribution < 1.29 is 32.0 Å². The third-order valence-electron chi connectivity index (χ3n) is 4.63. The standard InChI is InChI=1S/C22H22F3N3O4/c1-13-11-15(4-5-16(13)23)21-27-20(32-28-21)8-7-19(29)26-10-9-14-3-6-17(30-2)18(12-14)31-22(24)25/h3-6,11-12,22H,7-10H2,1-2H3,(H,26,29). The van der Waals surface area contributed by atoms with Crippen molar-refractivity contribution >= 4 is 5.91 Å². The zero-order valence-electron chi connectivity index (χ0n) is 17.5. The van der Waals surface area contributed by atoms with Crippen LogP contribution < -0.4 is 14.8 Å². The van der Waals surface area contributed by atoms with Crippen molar-refractivity contribution in [1.29, 1.82) is 0 Å². The van der Waals surface area contributed by atoms with Gasteiger partial charge in [-0.25, -0.2) is 4.39 Å². The van der Waals surface area contributed by atoms with Gasteiger partial charge in [0.2, 0.25) is 17.6 Å². The van der Waals surface area contributed by atoms with Crippen LogP contribution in [0.25, 0.3) is 11.4 Å². The van der Waals surface area contributed by atoms with Gasteiger partial charge >= 0.3 is 6.61 Å². The summed E-state index contributed by atoms with van der Waals surface area (Å²) in [7, 11) is 1.36. The third kappa shape index (κ3) is 6.22. The molecule has 0 fully saturated rings. The number of nitrogens with zero attached hydrogens (tertiary/aromatic N) is 2. The van der Waals surface area contributed by atoms with Crippen LogP contribution in [0.2, 0.25) is 0 Å². The van der Waals surface area contributed by atoms with Crippen LogP contribution in [0.15, 0.2) is 40.9 Å². The van der Waals surface area contributed by atoms with E-state index in [2.05, 4.69) is 20.2 Å². The molecule has 0 saturated carbocycles. The predicted molar refractivity (Wildman–Crippen MR) is 109 cm³/mol. The minimum atomic E-state index is -2.96. The molecule has 1 aromatic heterocycles. The molecule has 2 aromatic carbocycles. The first kappa shape index (κ1) is 23.1. The van der Waals surface area contributed by atoms with E-state index in [1.54, 1.807) is 25.1 Å². The number of methoxy groups -OCH3 is 1. The molecule has 0 radical (unpaired) electrons. The molecule has 0 unspecified atom stereocenters. The van der Waals surface area contributed by atoms with Crippen molar-refractivity contribution in [3.8, 4) is 22.9 Å². The van der Waals surface area contributed by atoms with E-state index in [-0.39, 0.29) is 36.1 Å². The molecule has 1 heterocycles. The molecule has 3 aromatic rings. The van der Waals surface area contributed by atoms with Crippen LogP contribution >= 0.6 is 0 Å². The third-order valence-corrected chi connectivity index (χ3v) is 4.63. The summed E-state index contributed by atoms with van der Waals surface area (Å²) in [6.07, 6.45) is 0.796. The van der Waals surface area contributed by atoms with Crippen LogP contribution in [0.1, 0.15) is 23.4 Å². The van der Waals surface area contributed by atoms with Gasteiger partial charge < -0.3 is 19.3 Å². The zero-order valence-corrected chi connectivity index (χ0v) is 17.5. The lowest BCUT2D eigenvalue weighted by Crippen LogP contribution is -2.25. The topological polar surface area (TPSA) is 86.5 Å². The van der Waals surface area contributed by atoms with Crippen molar-refractivity contribution in [3.05, 3.63) is 59.2 Å². The number of halogens is 3. The highest BCUT2D eigenvalue weighted by molar-refractivity contribution is 5.76. The molecule has 0 aliphatic heterocycles. The van der Waals surface area contributed by atoms with Crippen LogP contribution in [0.5, 0.6) is 11.5 Å². The molecule has 0 bridgehead atoms. The minimum Gasteiger partial charge on any atom is -0.493 e. The van der Waals surface area contributed by atoms with Crippen LogP contribution in [0, 0.1) is 12.7 Å². The zero-order chi connectivity index (χ0) is 23.1. The first-order valence-corrected chi connectivity index (χ1v) is 9.83. The molecule has 0 spiro atoms. The van der Waals surface area contributed by atoms with Crippen LogP contribution in [-0.2, 0) is 17.6 Å². The molecule has 0 saturated heterocycles. The number of hydrogen-bond donors (Lipinski definition) is 1. The van der Waals surface area contributed by atoms with Gasteiger partial charge in [0.25, 0.3) is 0 Å². The van der Waals surface area contributed by atoms with Crippen molar-refractivity contribution in [3.63, 3.8) is 0 Å². The molecule has 0 aliphatic carbocycles. The van der Waals surface area contributed by atoms with Gasteiger partial charge in [0.15, 0.2) is 11.5 Å². The second-order valence-corrected chi connectivity index (χ2v) is 6.94. The van der Waals surface area contributed by atoms with Crippen molar-refractivity contribution in [2.75, 3.05) is 13.7 Å². The van der Waals surface area contributed by atoms with E-state index in [0.717, 1.165) is 0 Å². The molecular formula is C22H22F3N3O4. The quantitative estimate of drug-likeness (QED) is 0.502. The first-order chi connectivity index (χ1) is 15.4. The maximum atomic E-state index is 13.4. The summed E-state index contributed by atoms with van der Waals surface area (Å²) in [4.78, 5) is 16.3. The highest BCUT2D eigenvalue weighted by Gasteiger charge is 2.13. The number of amides is 1. The summed E-state index contributed by atoms with van der Waals surface area (Å²) in [5.74, 6) is 0.218. The summed E-state index contributed by atoms with van der Waals surface area (Å²) in [5.41, 5.74) is 1.80. The Morgan fingerprint density at radius 3 is 2.69 bits per heavy atom. The maximum absolute atomic E-state index is 13.4. The second-order valence-electron chi connectivity index (χ2n) is 6.94. The Labute approximate surface area is 182 Å². The lowest BCUT2D eigenvalue weighted by Gasteiger charge is -2.11. The van der Waals surface area contributed by atoms with E-state index in [0.29, 0.717) is 41.4 Å².